The predicted molar refractivity (Wildman–Crippen MR) is 73.1 cm³/mol. The van der Waals surface area contributed by atoms with Crippen LogP contribution in [0.3, 0.4) is 0 Å². The molecule has 0 aliphatic rings. The molecule has 17 heavy (non-hydrogen) atoms. The third kappa shape index (κ3) is 4.88. The normalized spacial score (nSPS) is 14.9. The highest BCUT2D eigenvalue weighted by Gasteiger charge is 2.18. The van der Waals surface area contributed by atoms with Crippen LogP contribution in [0.1, 0.15) is 39.3 Å². The van der Waals surface area contributed by atoms with E-state index in [9.17, 15) is 0 Å². The van der Waals surface area contributed by atoms with Gasteiger partial charge in [-0.3, -0.25) is 0 Å². The van der Waals surface area contributed by atoms with Crippen molar-refractivity contribution in [2.24, 2.45) is 5.92 Å². The Balaban J connectivity index is 2.65. The summed E-state index contributed by atoms with van der Waals surface area (Å²) in [4.78, 5) is 0. The van der Waals surface area contributed by atoms with Gasteiger partial charge in [0.25, 0.3) is 0 Å². The van der Waals surface area contributed by atoms with Crippen molar-refractivity contribution in [3.8, 4) is 0 Å². The average Bonchev–Trinajstić information content (AvgIpc) is 2.34. The zero-order valence-electron chi connectivity index (χ0n) is 11.4. The fourth-order valence-corrected chi connectivity index (χ4v) is 1.88. The molecule has 2 atom stereocenters. The molecule has 0 aliphatic carbocycles. The summed E-state index contributed by atoms with van der Waals surface area (Å²) in [6.45, 7) is 10.4. The number of benzene rings is 1. The molecule has 1 aromatic rings. The molecular formula is C15H25NO. The van der Waals surface area contributed by atoms with Crippen LogP contribution in [0.15, 0.2) is 30.3 Å². The zero-order chi connectivity index (χ0) is 12.7. The lowest BCUT2D eigenvalue weighted by Gasteiger charge is -2.26. The summed E-state index contributed by atoms with van der Waals surface area (Å²) in [5.41, 5.74) is 1.30. The molecule has 0 aromatic heterocycles. The molecule has 0 spiro atoms. The summed E-state index contributed by atoms with van der Waals surface area (Å²) < 4.78 is 5.91. The second-order valence-corrected chi connectivity index (χ2v) is 4.88. The maximum Gasteiger partial charge on any atom is 0.0741 e. The third-order valence-electron chi connectivity index (χ3n) is 2.74. The summed E-state index contributed by atoms with van der Waals surface area (Å²) in [7, 11) is 0. The van der Waals surface area contributed by atoms with Crippen molar-refractivity contribution < 1.29 is 4.74 Å². The van der Waals surface area contributed by atoms with Gasteiger partial charge in [-0.05, 0) is 24.9 Å². The van der Waals surface area contributed by atoms with Gasteiger partial charge < -0.3 is 10.1 Å². The highest BCUT2D eigenvalue weighted by molar-refractivity contribution is 5.19. The zero-order valence-corrected chi connectivity index (χ0v) is 11.4. The summed E-state index contributed by atoms with van der Waals surface area (Å²) in [5.74, 6) is 0.579. The van der Waals surface area contributed by atoms with E-state index in [1.807, 2.05) is 6.07 Å². The molecule has 0 aliphatic heterocycles. The van der Waals surface area contributed by atoms with Gasteiger partial charge in [0.1, 0.15) is 0 Å². The van der Waals surface area contributed by atoms with Gasteiger partial charge in [0.2, 0.25) is 0 Å². The van der Waals surface area contributed by atoms with Crippen LogP contribution in [0.25, 0.3) is 0 Å². The summed E-state index contributed by atoms with van der Waals surface area (Å²) in [6.07, 6.45) is 0.194. The van der Waals surface area contributed by atoms with E-state index < -0.39 is 0 Å². The largest absolute Gasteiger partial charge is 0.376 e. The van der Waals surface area contributed by atoms with Gasteiger partial charge in [0.05, 0.1) is 12.1 Å². The standard InChI is InChI=1S/C15H25NO/c1-5-16-15(13(4)17-11-12(2)3)14-9-7-6-8-10-14/h6-10,12-13,15-16H,5,11H2,1-4H3. The Morgan fingerprint density at radius 2 is 1.76 bits per heavy atom. The molecule has 0 amide bonds. The van der Waals surface area contributed by atoms with Gasteiger partial charge in [-0.15, -0.1) is 0 Å². The first-order valence-corrected chi connectivity index (χ1v) is 6.55. The number of hydrogen-bond acceptors (Lipinski definition) is 2. The van der Waals surface area contributed by atoms with Crippen LogP contribution in [-0.4, -0.2) is 19.3 Å². The first kappa shape index (κ1) is 14.2. The lowest BCUT2D eigenvalue weighted by molar-refractivity contribution is 0.0232. The van der Waals surface area contributed by atoms with E-state index in [1.54, 1.807) is 0 Å². The Hall–Kier alpha value is -0.860. The topological polar surface area (TPSA) is 21.3 Å². The van der Waals surface area contributed by atoms with Crippen molar-refractivity contribution in [2.75, 3.05) is 13.2 Å². The summed E-state index contributed by atoms with van der Waals surface area (Å²) in [6, 6.07) is 10.8. The Bertz CT molecular complexity index is 297. The fraction of sp³-hybridized carbons (Fsp3) is 0.600. The van der Waals surface area contributed by atoms with E-state index in [1.165, 1.54) is 5.56 Å². The van der Waals surface area contributed by atoms with Crippen molar-refractivity contribution in [3.63, 3.8) is 0 Å². The van der Waals surface area contributed by atoms with Crippen LogP contribution in [0.2, 0.25) is 0 Å². The second-order valence-electron chi connectivity index (χ2n) is 4.88. The second kappa shape index (κ2) is 7.46. The minimum Gasteiger partial charge on any atom is -0.376 e. The third-order valence-corrected chi connectivity index (χ3v) is 2.74. The monoisotopic (exact) mass is 235 g/mol. The van der Waals surface area contributed by atoms with E-state index in [4.69, 9.17) is 4.74 Å². The molecule has 2 unspecified atom stereocenters. The van der Waals surface area contributed by atoms with Gasteiger partial charge in [0.15, 0.2) is 0 Å². The van der Waals surface area contributed by atoms with Gasteiger partial charge >= 0.3 is 0 Å². The van der Waals surface area contributed by atoms with Crippen LogP contribution in [0.4, 0.5) is 0 Å². The lowest BCUT2D eigenvalue weighted by Crippen LogP contribution is -2.32. The van der Waals surface area contributed by atoms with Gasteiger partial charge in [-0.25, -0.2) is 0 Å². The first-order valence-electron chi connectivity index (χ1n) is 6.55. The number of likely N-dealkylation sites (N-methyl/N-ethyl adjacent to an activating group) is 1. The molecule has 96 valence electrons. The Kier molecular flexibility index (Phi) is 6.23. The molecule has 1 rings (SSSR count). The van der Waals surface area contributed by atoms with Gasteiger partial charge in [0, 0.05) is 6.61 Å². The number of nitrogens with one attached hydrogen (secondary N) is 1. The molecule has 0 radical (unpaired) electrons. The molecule has 1 aromatic carbocycles. The van der Waals surface area contributed by atoms with Gasteiger partial charge in [-0.2, -0.15) is 0 Å². The van der Waals surface area contributed by atoms with Crippen molar-refractivity contribution >= 4 is 0 Å². The average molecular weight is 235 g/mol. The molecule has 2 heteroatoms. The predicted octanol–water partition coefficient (Wildman–Crippen LogP) is 3.40. The van der Waals surface area contributed by atoms with Crippen molar-refractivity contribution in [3.05, 3.63) is 35.9 Å². The SMILES string of the molecule is CCNC(c1ccccc1)C(C)OCC(C)C. The van der Waals surface area contributed by atoms with E-state index in [0.29, 0.717) is 5.92 Å². The number of rotatable bonds is 7. The first-order chi connectivity index (χ1) is 8.15. The van der Waals surface area contributed by atoms with Crippen LogP contribution < -0.4 is 5.32 Å². The maximum absolute atomic E-state index is 5.91. The van der Waals surface area contributed by atoms with E-state index >= 15 is 0 Å². The smallest absolute Gasteiger partial charge is 0.0741 e. The molecular weight excluding hydrogens is 210 g/mol. The Morgan fingerprint density at radius 1 is 1.12 bits per heavy atom. The van der Waals surface area contributed by atoms with Crippen LogP contribution in [0, 0.1) is 5.92 Å². The summed E-state index contributed by atoms with van der Waals surface area (Å²) >= 11 is 0. The van der Waals surface area contributed by atoms with Crippen LogP contribution in [0.5, 0.6) is 0 Å². The quantitative estimate of drug-likeness (QED) is 0.782. The summed E-state index contributed by atoms with van der Waals surface area (Å²) in [5, 5.41) is 3.50. The van der Waals surface area contributed by atoms with Crippen LogP contribution >= 0.6 is 0 Å². The Labute approximate surface area is 105 Å². The maximum atomic E-state index is 5.91. The Morgan fingerprint density at radius 3 is 2.29 bits per heavy atom. The highest BCUT2D eigenvalue weighted by atomic mass is 16.5. The molecule has 0 saturated carbocycles. The molecule has 2 nitrogen and oxygen atoms in total. The van der Waals surface area contributed by atoms with Crippen molar-refractivity contribution in [2.45, 2.75) is 39.8 Å². The molecule has 1 N–H and O–H groups in total. The van der Waals surface area contributed by atoms with Crippen LogP contribution in [-0.2, 0) is 4.74 Å². The number of hydrogen-bond donors (Lipinski definition) is 1. The minimum atomic E-state index is 0.194. The minimum absolute atomic E-state index is 0.194. The number of ether oxygens (including phenoxy) is 1. The molecule has 0 heterocycles. The highest BCUT2D eigenvalue weighted by Crippen LogP contribution is 2.19. The van der Waals surface area contributed by atoms with Crippen molar-refractivity contribution in [1.29, 1.82) is 0 Å². The molecule has 0 bridgehead atoms. The van der Waals surface area contributed by atoms with Crippen molar-refractivity contribution in [1.82, 2.24) is 5.32 Å². The van der Waals surface area contributed by atoms with E-state index in [2.05, 4.69) is 57.3 Å². The molecule has 0 fully saturated rings. The van der Waals surface area contributed by atoms with E-state index in [0.717, 1.165) is 13.2 Å². The van der Waals surface area contributed by atoms with E-state index in [-0.39, 0.29) is 12.1 Å². The fourth-order valence-electron chi connectivity index (χ4n) is 1.88. The van der Waals surface area contributed by atoms with Gasteiger partial charge in [-0.1, -0.05) is 51.1 Å². The molecule has 0 saturated heterocycles. The lowest BCUT2D eigenvalue weighted by atomic mass is 10.0.